The van der Waals surface area contributed by atoms with Crippen LogP contribution in [-0.4, -0.2) is 24.4 Å². The van der Waals surface area contributed by atoms with Crippen LogP contribution in [0.4, 0.5) is 5.69 Å². The summed E-state index contributed by atoms with van der Waals surface area (Å²) >= 11 is 4.25. The average Bonchev–Trinajstić information content (AvgIpc) is 2.62. The molecule has 0 amide bonds. The van der Waals surface area contributed by atoms with Gasteiger partial charge < -0.3 is 16.5 Å². The van der Waals surface area contributed by atoms with Crippen molar-refractivity contribution < 1.29 is 5.48 Å². The molecule has 0 aliphatic carbocycles. The molecule has 0 bridgehead atoms. The first-order chi connectivity index (χ1) is 6.27. The summed E-state index contributed by atoms with van der Waals surface area (Å²) in [6.07, 6.45) is 0. The highest BCUT2D eigenvalue weighted by Crippen LogP contribution is 2.18. The second kappa shape index (κ2) is 4.34. The monoisotopic (exact) mass is 211 g/mol. The molecule has 0 atom stereocenters. The fourth-order valence-corrected chi connectivity index (χ4v) is 1.50. The van der Waals surface area contributed by atoms with Crippen molar-refractivity contribution in [2.75, 3.05) is 18.8 Å². The molecule has 0 saturated carbocycles. The highest BCUT2D eigenvalue weighted by Gasteiger charge is 2.08. The Balaban J connectivity index is 0.000000980. The summed E-state index contributed by atoms with van der Waals surface area (Å²) in [5.74, 6) is 0.940. The second-order valence-corrected chi connectivity index (χ2v) is 3.41. The van der Waals surface area contributed by atoms with Gasteiger partial charge in [0.1, 0.15) is 5.84 Å². The smallest absolute Gasteiger partial charge is 0.128 e. The fraction of sp³-hybridized carbons (Fsp3) is 0.222. The van der Waals surface area contributed by atoms with E-state index in [1.54, 1.807) is 0 Å². The minimum absolute atomic E-state index is 0. The van der Waals surface area contributed by atoms with Crippen molar-refractivity contribution in [3.8, 4) is 0 Å². The van der Waals surface area contributed by atoms with Crippen LogP contribution in [0.15, 0.2) is 28.1 Å². The van der Waals surface area contributed by atoms with E-state index in [4.69, 9.17) is 5.73 Å². The van der Waals surface area contributed by atoms with Crippen molar-refractivity contribution >= 4 is 24.2 Å². The lowest BCUT2D eigenvalue weighted by atomic mass is 10.2. The Morgan fingerprint density at radius 2 is 2.21 bits per heavy atom. The zero-order valence-corrected chi connectivity index (χ0v) is 8.51. The van der Waals surface area contributed by atoms with Gasteiger partial charge in [-0.3, -0.25) is 4.99 Å². The van der Waals surface area contributed by atoms with Crippen molar-refractivity contribution in [3.05, 3.63) is 23.8 Å². The van der Waals surface area contributed by atoms with Gasteiger partial charge in [-0.15, -0.1) is 12.6 Å². The highest BCUT2D eigenvalue weighted by atomic mass is 32.1. The number of nitrogens with one attached hydrogen (secondary N) is 1. The van der Waals surface area contributed by atoms with Crippen LogP contribution in [0.2, 0.25) is 0 Å². The first kappa shape index (κ1) is 10.9. The third-order valence-corrected chi connectivity index (χ3v) is 2.37. The first-order valence-electron chi connectivity index (χ1n) is 4.14. The van der Waals surface area contributed by atoms with Gasteiger partial charge in [0, 0.05) is 22.7 Å². The maximum atomic E-state index is 5.65. The molecule has 0 fully saturated rings. The van der Waals surface area contributed by atoms with E-state index >= 15 is 0 Å². The second-order valence-electron chi connectivity index (χ2n) is 2.93. The molecule has 1 aliphatic rings. The maximum Gasteiger partial charge on any atom is 0.128 e. The lowest BCUT2D eigenvalue weighted by molar-refractivity contribution is 0.824. The van der Waals surface area contributed by atoms with Crippen LogP contribution in [-0.2, 0) is 0 Å². The molecule has 0 spiro atoms. The van der Waals surface area contributed by atoms with Gasteiger partial charge in [0.05, 0.1) is 6.54 Å². The molecule has 2 rings (SSSR count). The average molecular weight is 211 g/mol. The summed E-state index contributed by atoms with van der Waals surface area (Å²) in [6, 6.07) is 5.72. The molecule has 76 valence electrons. The number of amidine groups is 1. The summed E-state index contributed by atoms with van der Waals surface area (Å²) < 4.78 is 0. The lowest BCUT2D eigenvalue weighted by Gasteiger charge is -2.04. The molecule has 1 aromatic rings. The Morgan fingerprint density at radius 3 is 2.79 bits per heavy atom. The van der Waals surface area contributed by atoms with Crippen molar-refractivity contribution in [1.29, 1.82) is 0 Å². The van der Waals surface area contributed by atoms with E-state index < -0.39 is 0 Å². The van der Waals surface area contributed by atoms with Crippen LogP contribution >= 0.6 is 12.6 Å². The van der Waals surface area contributed by atoms with E-state index in [1.807, 2.05) is 18.2 Å². The number of aliphatic imine (C=N–C) groups is 1. The molecule has 1 heterocycles. The minimum Gasteiger partial charge on any atom is -0.412 e. The van der Waals surface area contributed by atoms with Crippen molar-refractivity contribution in [2.45, 2.75) is 4.90 Å². The lowest BCUT2D eigenvalue weighted by Crippen LogP contribution is -2.19. The van der Waals surface area contributed by atoms with Crippen LogP contribution in [0.5, 0.6) is 0 Å². The van der Waals surface area contributed by atoms with Gasteiger partial charge in [0.2, 0.25) is 0 Å². The van der Waals surface area contributed by atoms with E-state index in [9.17, 15) is 0 Å². The Morgan fingerprint density at radius 1 is 1.43 bits per heavy atom. The van der Waals surface area contributed by atoms with Crippen LogP contribution in [0.25, 0.3) is 0 Å². The van der Waals surface area contributed by atoms with Crippen LogP contribution in [0, 0.1) is 0 Å². The Bertz CT molecular complexity index is 365. The fourth-order valence-electron chi connectivity index (χ4n) is 1.28. The van der Waals surface area contributed by atoms with Gasteiger partial charge in [-0.05, 0) is 18.2 Å². The van der Waals surface area contributed by atoms with E-state index in [0.29, 0.717) is 5.69 Å². The molecular weight excluding hydrogens is 198 g/mol. The van der Waals surface area contributed by atoms with E-state index in [0.717, 1.165) is 29.4 Å². The summed E-state index contributed by atoms with van der Waals surface area (Å²) in [5.41, 5.74) is 7.40. The number of anilines is 1. The molecule has 5 heteroatoms. The summed E-state index contributed by atoms with van der Waals surface area (Å²) in [4.78, 5) is 5.11. The number of rotatable bonds is 1. The number of hydrogen-bond acceptors (Lipinski definition) is 4. The van der Waals surface area contributed by atoms with Crippen LogP contribution in [0.3, 0.4) is 0 Å². The van der Waals surface area contributed by atoms with Crippen molar-refractivity contribution in [3.63, 3.8) is 0 Å². The van der Waals surface area contributed by atoms with Crippen LogP contribution < -0.4 is 11.1 Å². The number of hydrogen-bond donors (Lipinski definition) is 3. The van der Waals surface area contributed by atoms with E-state index in [-0.39, 0.29) is 5.48 Å². The molecule has 0 saturated heterocycles. The van der Waals surface area contributed by atoms with Gasteiger partial charge in [0.15, 0.2) is 0 Å². The zero-order chi connectivity index (χ0) is 9.26. The predicted molar refractivity (Wildman–Crippen MR) is 61.1 cm³/mol. The third kappa shape index (κ3) is 2.00. The van der Waals surface area contributed by atoms with Crippen molar-refractivity contribution in [1.82, 2.24) is 5.32 Å². The summed E-state index contributed by atoms with van der Waals surface area (Å²) in [7, 11) is 0. The molecule has 14 heavy (non-hydrogen) atoms. The topological polar surface area (TPSA) is 81.9 Å². The Kier molecular flexibility index (Phi) is 3.38. The molecule has 1 aromatic carbocycles. The Labute approximate surface area is 87.9 Å². The van der Waals surface area contributed by atoms with E-state index in [1.165, 1.54) is 0 Å². The molecule has 4 nitrogen and oxygen atoms in total. The third-order valence-electron chi connectivity index (χ3n) is 1.98. The summed E-state index contributed by atoms with van der Waals surface area (Å²) in [6.45, 7) is 1.77. The molecule has 5 N–H and O–H groups in total. The number of nitrogens with zero attached hydrogens (tertiary/aromatic N) is 1. The SMILES string of the molecule is Nc1ccc(C2=NCCN2)cc1S.O. The first-order valence-corrected chi connectivity index (χ1v) is 4.59. The Hall–Kier alpha value is -1.20. The highest BCUT2D eigenvalue weighted by molar-refractivity contribution is 7.80. The molecule has 0 aromatic heterocycles. The number of nitrogen functional groups attached to an aromatic ring is 1. The van der Waals surface area contributed by atoms with Gasteiger partial charge in [-0.25, -0.2) is 0 Å². The maximum absolute atomic E-state index is 5.65. The zero-order valence-electron chi connectivity index (χ0n) is 7.62. The van der Waals surface area contributed by atoms with Crippen LogP contribution in [0.1, 0.15) is 5.56 Å². The van der Waals surface area contributed by atoms with Gasteiger partial charge in [0.25, 0.3) is 0 Å². The normalized spacial score (nSPS) is 14.2. The molecule has 1 aliphatic heterocycles. The molecule has 0 unspecified atom stereocenters. The van der Waals surface area contributed by atoms with Crippen molar-refractivity contribution in [2.24, 2.45) is 4.99 Å². The summed E-state index contributed by atoms with van der Waals surface area (Å²) in [5, 5.41) is 3.19. The largest absolute Gasteiger partial charge is 0.412 e. The molecular formula is C9H13N3OS. The standard InChI is InChI=1S/C9H11N3S.H2O/c10-7-2-1-6(5-8(7)13)9-11-3-4-12-9;/h1-2,5,13H,3-4,10H2,(H,11,12);1H2. The number of thiol groups is 1. The van der Waals surface area contributed by atoms with E-state index in [2.05, 4.69) is 22.9 Å². The molecule has 0 radical (unpaired) electrons. The number of benzene rings is 1. The van der Waals surface area contributed by atoms with Gasteiger partial charge in [-0.1, -0.05) is 0 Å². The predicted octanol–water partition coefficient (Wildman–Crippen LogP) is 0.0826. The number of nitrogens with two attached hydrogens (primary N) is 1. The van der Waals surface area contributed by atoms with Gasteiger partial charge >= 0.3 is 0 Å². The van der Waals surface area contributed by atoms with Gasteiger partial charge in [-0.2, -0.15) is 0 Å². The minimum atomic E-state index is 0. The quantitative estimate of drug-likeness (QED) is 0.454.